The number of carbonyl (C=O) groups is 1. The van der Waals surface area contributed by atoms with Crippen molar-refractivity contribution >= 4 is 18.4 Å². The molecule has 0 radical (unpaired) electrons. The van der Waals surface area contributed by atoms with Crippen LogP contribution in [0.3, 0.4) is 0 Å². The molecule has 1 N–H and O–H groups in total. The highest BCUT2D eigenvalue weighted by Crippen LogP contribution is 2.31. The van der Waals surface area contributed by atoms with E-state index in [9.17, 15) is 4.79 Å². The van der Waals surface area contributed by atoms with Crippen LogP contribution in [-0.4, -0.2) is 25.2 Å². The molecule has 0 aromatic heterocycles. The van der Waals surface area contributed by atoms with Crippen molar-refractivity contribution in [2.45, 2.75) is 31.8 Å². The molecular formula is C9H16ClNO2. The second kappa shape index (κ2) is 4.82. The lowest BCUT2D eigenvalue weighted by molar-refractivity contribution is -0.151. The highest BCUT2D eigenvalue weighted by atomic mass is 35.5. The van der Waals surface area contributed by atoms with E-state index in [0.29, 0.717) is 0 Å². The lowest BCUT2D eigenvalue weighted by atomic mass is 10.1. The van der Waals surface area contributed by atoms with Crippen molar-refractivity contribution in [3.05, 3.63) is 0 Å². The molecule has 2 rings (SSSR count). The second-order valence-corrected chi connectivity index (χ2v) is 3.66. The van der Waals surface area contributed by atoms with E-state index in [-0.39, 0.29) is 30.4 Å². The van der Waals surface area contributed by atoms with Gasteiger partial charge in [-0.3, -0.25) is 4.79 Å². The summed E-state index contributed by atoms with van der Waals surface area (Å²) >= 11 is 0. The molecule has 0 spiro atoms. The van der Waals surface area contributed by atoms with Gasteiger partial charge in [0.15, 0.2) is 0 Å². The van der Waals surface area contributed by atoms with Crippen molar-refractivity contribution in [1.82, 2.24) is 5.32 Å². The molecular weight excluding hydrogens is 190 g/mol. The third-order valence-electron chi connectivity index (χ3n) is 2.48. The van der Waals surface area contributed by atoms with E-state index in [4.69, 9.17) is 4.74 Å². The van der Waals surface area contributed by atoms with Gasteiger partial charge in [-0.05, 0) is 38.8 Å². The molecule has 1 saturated carbocycles. The zero-order valence-electron chi connectivity index (χ0n) is 7.62. The summed E-state index contributed by atoms with van der Waals surface area (Å²) in [5.74, 6) is 0.293. The maximum atomic E-state index is 11.2. The van der Waals surface area contributed by atoms with Crippen LogP contribution in [-0.2, 0) is 9.53 Å². The number of nitrogens with one attached hydrogen (secondary N) is 1. The van der Waals surface area contributed by atoms with Gasteiger partial charge < -0.3 is 10.1 Å². The van der Waals surface area contributed by atoms with Crippen LogP contribution in [0, 0.1) is 5.92 Å². The summed E-state index contributed by atoms with van der Waals surface area (Å²) in [5.41, 5.74) is 0. The minimum atomic E-state index is 0. The Morgan fingerprint density at radius 2 is 1.77 bits per heavy atom. The minimum Gasteiger partial charge on any atom is -0.462 e. The summed E-state index contributed by atoms with van der Waals surface area (Å²) in [5, 5.41) is 3.24. The number of carbonyl (C=O) groups excluding carboxylic acids is 1. The fourth-order valence-electron chi connectivity index (χ4n) is 1.49. The number of ether oxygens (including phenoxy) is 1. The largest absolute Gasteiger partial charge is 0.462 e. The summed E-state index contributed by atoms with van der Waals surface area (Å²) in [4.78, 5) is 11.2. The number of hydrogen-bond donors (Lipinski definition) is 1. The van der Waals surface area contributed by atoms with Crippen LogP contribution in [0.1, 0.15) is 25.7 Å². The first kappa shape index (κ1) is 10.8. The maximum Gasteiger partial charge on any atom is 0.309 e. The molecule has 0 aromatic rings. The molecule has 13 heavy (non-hydrogen) atoms. The third kappa shape index (κ3) is 3.16. The molecule has 0 unspecified atom stereocenters. The molecule has 1 aliphatic heterocycles. The number of halogens is 1. The summed E-state index contributed by atoms with van der Waals surface area (Å²) in [6.45, 7) is 1.98. The smallest absolute Gasteiger partial charge is 0.309 e. The summed E-state index contributed by atoms with van der Waals surface area (Å²) in [6, 6.07) is 0. The zero-order valence-corrected chi connectivity index (χ0v) is 8.44. The van der Waals surface area contributed by atoms with E-state index in [2.05, 4.69) is 5.32 Å². The normalized spacial score (nSPS) is 23.4. The molecule has 0 atom stereocenters. The topological polar surface area (TPSA) is 38.3 Å². The average Bonchev–Trinajstić information content (AvgIpc) is 2.88. The van der Waals surface area contributed by atoms with Gasteiger partial charge in [0.05, 0.1) is 5.92 Å². The van der Waals surface area contributed by atoms with Gasteiger partial charge in [0.2, 0.25) is 0 Å². The van der Waals surface area contributed by atoms with Crippen LogP contribution in [0.4, 0.5) is 0 Å². The zero-order chi connectivity index (χ0) is 8.39. The number of piperidine rings is 1. The van der Waals surface area contributed by atoms with Crippen molar-refractivity contribution in [3.63, 3.8) is 0 Å². The van der Waals surface area contributed by atoms with Crippen molar-refractivity contribution in [2.24, 2.45) is 5.92 Å². The minimum absolute atomic E-state index is 0. The molecule has 1 heterocycles. The van der Waals surface area contributed by atoms with Crippen LogP contribution < -0.4 is 5.32 Å². The Bertz CT molecular complexity index is 176. The molecule has 0 aromatic carbocycles. The van der Waals surface area contributed by atoms with E-state index in [1.807, 2.05) is 0 Å². The third-order valence-corrected chi connectivity index (χ3v) is 2.48. The van der Waals surface area contributed by atoms with E-state index in [1.54, 1.807) is 0 Å². The fraction of sp³-hybridized carbons (Fsp3) is 0.889. The molecule has 76 valence electrons. The van der Waals surface area contributed by atoms with Crippen LogP contribution in [0.2, 0.25) is 0 Å². The number of rotatable bonds is 2. The molecule has 1 aliphatic carbocycles. The van der Waals surface area contributed by atoms with Crippen LogP contribution in [0.25, 0.3) is 0 Å². The molecule has 4 heteroatoms. The monoisotopic (exact) mass is 205 g/mol. The highest BCUT2D eigenvalue weighted by molar-refractivity contribution is 5.85. The van der Waals surface area contributed by atoms with Gasteiger partial charge in [-0.1, -0.05) is 0 Å². The van der Waals surface area contributed by atoms with E-state index in [1.165, 1.54) is 0 Å². The predicted octanol–water partition coefficient (Wildman–Crippen LogP) is 1.11. The molecule has 0 amide bonds. The second-order valence-electron chi connectivity index (χ2n) is 3.66. The van der Waals surface area contributed by atoms with Gasteiger partial charge in [0, 0.05) is 0 Å². The standard InChI is InChI=1S/C9H15NO2.ClH/c11-9(7-1-2-7)12-8-3-5-10-6-4-8;/h7-8,10H,1-6H2;1H. The Morgan fingerprint density at radius 1 is 1.15 bits per heavy atom. The average molecular weight is 206 g/mol. The first-order valence-corrected chi connectivity index (χ1v) is 4.77. The van der Waals surface area contributed by atoms with Crippen molar-refractivity contribution < 1.29 is 9.53 Å². The van der Waals surface area contributed by atoms with E-state index < -0.39 is 0 Å². The summed E-state index contributed by atoms with van der Waals surface area (Å²) in [7, 11) is 0. The maximum absolute atomic E-state index is 11.2. The molecule has 3 nitrogen and oxygen atoms in total. The quantitative estimate of drug-likeness (QED) is 0.687. The van der Waals surface area contributed by atoms with Gasteiger partial charge in [-0.2, -0.15) is 0 Å². The van der Waals surface area contributed by atoms with E-state index in [0.717, 1.165) is 38.8 Å². The molecule has 2 fully saturated rings. The van der Waals surface area contributed by atoms with Gasteiger partial charge in [-0.15, -0.1) is 12.4 Å². The Morgan fingerprint density at radius 3 is 2.31 bits per heavy atom. The van der Waals surface area contributed by atoms with Crippen molar-refractivity contribution in [3.8, 4) is 0 Å². The lowest BCUT2D eigenvalue weighted by Crippen LogP contribution is -2.34. The summed E-state index contributed by atoms with van der Waals surface area (Å²) in [6.07, 6.45) is 4.25. The van der Waals surface area contributed by atoms with Gasteiger partial charge in [0.1, 0.15) is 6.10 Å². The Balaban J connectivity index is 0.000000845. The van der Waals surface area contributed by atoms with E-state index >= 15 is 0 Å². The number of esters is 1. The van der Waals surface area contributed by atoms with Crippen molar-refractivity contribution in [2.75, 3.05) is 13.1 Å². The Kier molecular flexibility index (Phi) is 4.00. The SMILES string of the molecule is Cl.O=C(OC1CCNCC1)C1CC1. The molecule has 0 bridgehead atoms. The molecule has 2 aliphatic rings. The fourth-order valence-corrected chi connectivity index (χ4v) is 1.49. The first-order valence-electron chi connectivity index (χ1n) is 4.77. The van der Waals surface area contributed by atoms with Gasteiger partial charge >= 0.3 is 5.97 Å². The van der Waals surface area contributed by atoms with Crippen LogP contribution in [0.15, 0.2) is 0 Å². The number of hydrogen-bond acceptors (Lipinski definition) is 3. The van der Waals surface area contributed by atoms with Crippen molar-refractivity contribution in [1.29, 1.82) is 0 Å². The Labute approximate surface area is 84.6 Å². The van der Waals surface area contributed by atoms with Crippen LogP contribution in [0.5, 0.6) is 0 Å². The van der Waals surface area contributed by atoms with Gasteiger partial charge in [-0.25, -0.2) is 0 Å². The predicted molar refractivity (Wildman–Crippen MR) is 52.0 cm³/mol. The molecule has 1 saturated heterocycles. The first-order chi connectivity index (χ1) is 5.86. The lowest BCUT2D eigenvalue weighted by Gasteiger charge is -2.22. The highest BCUT2D eigenvalue weighted by Gasteiger charge is 2.33. The van der Waals surface area contributed by atoms with Crippen LogP contribution >= 0.6 is 12.4 Å². The van der Waals surface area contributed by atoms with Gasteiger partial charge in [0.25, 0.3) is 0 Å². The summed E-state index contributed by atoms with van der Waals surface area (Å²) < 4.78 is 5.34. The Hall–Kier alpha value is -0.280.